The van der Waals surface area contributed by atoms with Crippen LogP contribution in [-0.4, -0.2) is 58.2 Å². The molecule has 0 radical (unpaired) electrons. The van der Waals surface area contributed by atoms with Gasteiger partial charge < -0.3 is 4.90 Å². The summed E-state index contributed by atoms with van der Waals surface area (Å²) in [5.41, 5.74) is 0.968. The molecule has 0 bridgehead atoms. The largest absolute Gasteiger partial charge is 0.339 e. The predicted molar refractivity (Wildman–Crippen MR) is 114 cm³/mol. The summed E-state index contributed by atoms with van der Waals surface area (Å²) in [6.45, 7) is 3.83. The second-order valence-corrected chi connectivity index (χ2v) is 7.19. The van der Waals surface area contributed by atoms with Gasteiger partial charge in [-0.15, -0.1) is 0 Å². The number of nitrogens with zero attached hydrogens (tertiary/aromatic N) is 4. The van der Waals surface area contributed by atoms with Crippen LogP contribution < -0.4 is 5.56 Å². The van der Waals surface area contributed by atoms with Gasteiger partial charge in [0.25, 0.3) is 5.56 Å². The number of hydrogen-bond acceptors (Lipinski definition) is 4. The van der Waals surface area contributed by atoms with Crippen molar-refractivity contribution in [2.45, 2.75) is 6.54 Å². The molecule has 3 aromatic rings. The fourth-order valence-electron chi connectivity index (χ4n) is 3.55. The van der Waals surface area contributed by atoms with E-state index in [4.69, 9.17) is 0 Å². The van der Waals surface area contributed by atoms with Gasteiger partial charge in [0.05, 0.1) is 11.6 Å². The highest BCUT2D eigenvalue weighted by Gasteiger charge is 2.21. The first-order valence-electron chi connectivity index (χ1n) is 9.87. The molecule has 1 fully saturated rings. The average molecular weight is 388 g/mol. The van der Waals surface area contributed by atoms with Crippen LogP contribution in [-0.2, 0) is 11.3 Å². The molecule has 0 unspecified atom stereocenters. The van der Waals surface area contributed by atoms with Crippen molar-refractivity contribution in [2.24, 2.45) is 0 Å². The van der Waals surface area contributed by atoms with E-state index < -0.39 is 0 Å². The molecule has 29 heavy (non-hydrogen) atoms. The fraction of sp³-hybridized carbons (Fsp3) is 0.261. The standard InChI is InChI=1S/C23H24N4O2/c28-22(18-27-23(29)21-11-5-4-10-20(21)17-24-27)26-15-13-25(14-16-26)12-6-9-19-7-2-1-3-8-19/h1-11,17H,12-16,18H2/b9-6+. The molecule has 4 rings (SSSR count). The van der Waals surface area contributed by atoms with Crippen LogP contribution in [0.4, 0.5) is 0 Å². The van der Waals surface area contributed by atoms with E-state index >= 15 is 0 Å². The van der Waals surface area contributed by atoms with Gasteiger partial charge in [0.15, 0.2) is 0 Å². The molecule has 6 nitrogen and oxygen atoms in total. The SMILES string of the molecule is O=C(Cn1ncc2ccccc2c1=O)N1CCN(C/C=C/c2ccccc2)CC1. The zero-order chi connectivity index (χ0) is 20.1. The molecule has 0 N–H and O–H groups in total. The Labute approximate surface area is 169 Å². The lowest BCUT2D eigenvalue weighted by atomic mass is 10.2. The highest BCUT2D eigenvalue weighted by atomic mass is 16.2. The first-order chi connectivity index (χ1) is 14.2. The second-order valence-electron chi connectivity index (χ2n) is 7.19. The molecule has 6 heteroatoms. The summed E-state index contributed by atoms with van der Waals surface area (Å²) in [5.74, 6) is -0.0608. The van der Waals surface area contributed by atoms with E-state index in [1.165, 1.54) is 10.2 Å². The highest BCUT2D eigenvalue weighted by molar-refractivity contribution is 5.81. The van der Waals surface area contributed by atoms with Gasteiger partial charge in [0, 0.05) is 38.1 Å². The monoisotopic (exact) mass is 388 g/mol. The fourth-order valence-corrected chi connectivity index (χ4v) is 3.55. The number of aromatic nitrogens is 2. The average Bonchev–Trinajstić information content (AvgIpc) is 2.77. The van der Waals surface area contributed by atoms with Crippen LogP contribution in [0.3, 0.4) is 0 Å². The van der Waals surface area contributed by atoms with E-state index in [-0.39, 0.29) is 18.0 Å². The smallest absolute Gasteiger partial charge is 0.275 e. The second kappa shape index (κ2) is 8.84. The number of rotatable bonds is 5. The molecule has 2 aromatic carbocycles. The van der Waals surface area contributed by atoms with Crippen molar-refractivity contribution < 1.29 is 4.79 Å². The highest BCUT2D eigenvalue weighted by Crippen LogP contribution is 2.08. The number of hydrogen-bond donors (Lipinski definition) is 0. The lowest BCUT2D eigenvalue weighted by Crippen LogP contribution is -2.50. The van der Waals surface area contributed by atoms with Gasteiger partial charge in [-0.3, -0.25) is 14.5 Å². The molecule has 1 amide bonds. The summed E-state index contributed by atoms with van der Waals surface area (Å²) in [6, 6.07) is 17.5. The van der Waals surface area contributed by atoms with Crippen LogP contribution in [0.5, 0.6) is 0 Å². The summed E-state index contributed by atoms with van der Waals surface area (Å²) in [5, 5.41) is 5.54. The van der Waals surface area contributed by atoms with E-state index in [9.17, 15) is 9.59 Å². The topological polar surface area (TPSA) is 58.4 Å². The Morgan fingerprint density at radius 3 is 2.48 bits per heavy atom. The van der Waals surface area contributed by atoms with E-state index in [1.54, 1.807) is 12.3 Å². The lowest BCUT2D eigenvalue weighted by Gasteiger charge is -2.34. The van der Waals surface area contributed by atoms with Crippen LogP contribution in [0, 0.1) is 0 Å². The van der Waals surface area contributed by atoms with Crippen LogP contribution in [0.15, 0.2) is 71.7 Å². The minimum Gasteiger partial charge on any atom is -0.339 e. The van der Waals surface area contributed by atoms with Crippen LogP contribution in [0.25, 0.3) is 16.8 Å². The van der Waals surface area contributed by atoms with Crippen molar-refractivity contribution in [3.05, 3.63) is 82.8 Å². The van der Waals surface area contributed by atoms with Crippen LogP contribution in [0.1, 0.15) is 5.56 Å². The van der Waals surface area contributed by atoms with Crippen molar-refractivity contribution in [2.75, 3.05) is 32.7 Å². The Bertz CT molecular complexity index is 1070. The van der Waals surface area contributed by atoms with Crippen LogP contribution in [0.2, 0.25) is 0 Å². The van der Waals surface area contributed by atoms with Crippen molar-refractivity contribution in [1.29, 1.82) is 0 Å². The van der Waals surface area contributed by atoms with E-state index in [0.717, 1.165) is 25.0 Å². The molecule has 0 spiro atoms. The predicted octanol–water partition coefficient (Wildman–Crippen LogP) is 2.25. The number of benzene rings is 2. The maximum absolute atomic E-state index is 12.7. The Hall–Kier alpha value is -3.25. The number of amides is 1. The number of fused-ring (bicyclic) bond motifs is 1. The zero-order valence-electron chi connectivity index (χ0n) is 16.3. The van der Waals surface area contributed by atoms with Gasteiger partial charge in [-0.05, 0) is 11.6 Å². The van der Waals surface area contributed by atoms with Crippen molar-refractivity contribution in [3.63, 3.8) is 0 Å². The zero-order valence-corrected chi connectivity index (χ0v) is 16.3. The van der Waals surface area contributed by atoms with Gasteiger partial charge in [-0.2, -0.15) is 5.10 Å². The Morgan fingerprint density at radius 2 is 1.69 bits per heavy atom. The molecule has 1 aliphatic heterocycles. The lowest BCUT2D eigenvalue weighted by molar-refractivity contribution is -0.133. The summed E-state index contributed by atoms with van der Waals surface area (Å²) < 4.78 is 1.26. The maximum Gasteiger partial charge on any atom is 0.275 e. The summed E-state index contributed by atoms with van der Waals surface area (Å²) in [7, 11) is 0. The minimum atomic E-state index is -0.221. The third-order valence-corrected chi connectivity index (χ3v) is 5.25. The van der Waals surface area contributed by atoms with E-state index in [1.807, 2.05) is 41.3 Å². The Morgan fingerprint density at radius 1 is 0.966 bits per heavy atom. The molecule has 2 heterocycles. The maximum atomic E-state index is 12.7. The molecule has 0 saturated carbocycles. The third-order valence-electron chi connectivity index (χ3n) is 5.25. The Balaban J connectivity index is 1.31. The molecule has 148 valence electrons. The number of carbonyl (C=O) groups excluding carboxylic acids is 1. The molecule has 1 aliphatic rings. The summed E-state index contributed by atoms with van der Waals surface area (Å²) in [4.78, 5) is 29.3. The summed E-state index contributed by atoms with van der Waals surface area (Å²) >= 11 is 0. The molecular formula is C23H24N4O2. The molecular weight excluding hydrogens is 364 g/mol. The Kier molecular flexibility index (Phi) is 5.81. The summed E-state index contributed by atoms with van der Waals surface area (Å²) in [6.07, 6.45) is 5.92. The normalized spacial score (nSPS) is 15.2. The number of carbonyl (C=O) groups is 1. The number of piperazine rings is 1. The van der Waals surface area contributed by atoms with E-state index in [2.05, 4.69) is 34.3 Å². The van der Waals surface area contributed by atoms with Gasteiger partial charge >= 0.3 is 0 Å². The van der Waals surface area contributed by atoms with Gasteiger partial charge in [0.2, 0.25) is 5.91 Å². The minimum absolute atomic E-state index is 0.0163. The van der Waals surface area contributed by atoms with Crippen molar-refractivity contribution in [1.82, 2.24) is 19.6 Å². The van der Waals surface area contributed by atoms with Crippen LogP contribution >= 0.6 is 0 Å². The van der Waals surface area contributed by atoms with Crippen molar-refractivity contribution in [3.8, 4) is 0 Å². The first kappa shape index (κ1) is 19.1. The molecule has 0 aliphatic carbocycles. The quantitative estimate of drug-likeness (QED) is 0.673. The van der Waals surface area contributed by atoms with Gasteiger partial charge in [0.1, 0.15) is 6.54 Å². The molecule has 0 atom stereocenters. The molecule has 1 saturated heterocycles. The van der Waals surface area contributed by atoms with Crippen molar-refractivity contribution >= 4 is 22.8 Å². The van der Waals surface area contributed by atoms with Gasteiger partial charge in [-0.1, -0.05) is 60.7 Å². The van der Waals surface area contributed by atoms with E-state index in [0.29, 0.717) is 18.5 Å². The molecule has 1 aromatic heterocycles. The first-order valence-corrected chi connectivity index (χ1v) is 9.87. The third kappa shape index (κ3) is 4.60. The van der Waals surface area contributed by atoms with Gasteiger partial charge in [-0.25, -0.2) is 4.68 Å².